The van der Waals surface area contributed by atoms with Crippen LogP contribution in [0.25, 0.3) is 0 Å². The number of hydrogen-bond donors (Lipinski definition) is 1. The van der Waals surface area contributed by atoms with Crippen molar-refractivity contribution < 1.29 is 14.4 Å². The summed E-state index contributed by atoms with van der Waals surface area (Å²) in [6.45, 7) is 1.44. The van der Waals surface area contributed by atoms with Crippen molar-refractivity contribution in [3.05, 3.63) is 54.1 Å². The van der Waals surface area contributed by atoms with Crippen molar-refractivity contribution in [1.29, 1.82) is 0 Å². The summed E-state index contributed by atoms with van der Waals surface area (Å²) in [5.74, 6) is -0.452. The first kappa shape index (κ1) is 20.7. The van der Waals surface area contributed by atoms with Gasteiger partial charge in [0.2, 0.25) is 17.7 Å². The molecule has 2 aliphatic heterocycles. The fourth-order valence-corrected chi connectivity index (χ4v) is 5.39. The Kier molecular flexibility index (Phi) is 5.68. The number of para-hydroxylation sites is 1. The van der Waals surface area contributed by atoms with Crippen LogP contribution < -0.4 is 15.1 Å². The van der Waals surface area contributed by atoms with Crippen molar-refractivity contribution in [2.45, 2.75) is 44.9 Å². The van der Waals surface area contributed by atoms with E-state index >= 15 is 0 Å². The summed E-state index contributed by atoms with van der Waals surface area (Å²) < 4.78 is 0. The van der Waals surface area contributed by atoms with E-state index < -0.39 is 0 Å². The molecular weight excluding hydrogens is 402 g/mol. The molecule has 3 aliphatic rings. The van der Waals surface area contributed by atoms with E-state index in [0.717, 1.165) is 56.4 Å². The Labute approximate surface area is 188 Å². The average Bonchev–Trinajstić information content (AvgIpc) is 3.45. The van der Waals surface area contributed by atoms with Crippen LogP contribution in [0.3, 0.4) is 0 Å². The molecular formula is C26H29N3O3. The van der Waals surface area contributed by atoms with Crippen molar-refractivity contribution in [3.63, 3.8) is 0 Å². The Morgan fingerprint density at radius 2 is 1.59 bits per heavy atom. The molecule has 0 bridgehead atoms. The number of hydrogen-bond acceptors (Lipinski definition) is 3. The predicted molar refractivity (Wildman–Crippen MR) is 125 cm³/mol. The Bertz CT molecular complexity index is 1030. The molecule has 6 heteroatoms. The van der Waals surface area contributed by atoms with E-state index in [1.54, 1.807) is 4.90 Å². The van der Waals surface area contributed by atoms with Gasteiger partial charge in [-0.25, -0.2) is 0 Å². The molecule has 0 aromatic heterocycles. The maximum absolute atomic E-state index is 13.5. The highest BCUT2D eigenvalue weighted by atomic mass is 16.2. The van der Waals surface area contributed by atoms with Crippen LogP contribution in [-0.4, -0.2) is 30.8 Å². The second-order valence-electron chi connectivity index (χ2n) is 9.05. The van der Waals surface area contributed by atoms with E-state index in [0.29, 0.717) is 18.7 Å². The van der Waals surface area contributed by atoms with Gasteiger partial charge in [0.25, 0.3) is 0 Å². The quantitative estimate of drug-likeness (QED) is 0.791. The van der Waals surface area contributed by atoms with Gasteiger partial charge in [0.05, 0.1) is 5.92 Å². The van der Waals surface area contributed by atoms with Crippen LogP contribution in [0.1, 0.15) is 44.1 Å². The molecule has 1 N–H and O–H groups in total. The van der Waals surface area contributed by atoms with Crippen molar-refractivity contribution in [1.82, 2.24) is 0 Å². The second-order valence-corrected chi connectivity index (χ2v) is 9.05. The van der Waals surface area contributed by atoms with Crippen molar-refractivity contribution >= 4 is 34.8 Å². The number of nitrogens with zero attached hydrogens (tertiary/aromatic N) is 2. The lowest BCUT2D eigenvalue weighted by molar-refractivity contribution is -0.132. The summed E-state index contributed by atoms with van der Waals surface area (Å²) in [6, 6.07) is 15.5. The Morgan fingerprint density at radius 1 is 0.844 bits per heavy atom. The topological polar surface area (TPSA) is 69.7 Å². The maximum Gasteiger partial charge on any atom is 0.230 e. The van der Waals surface area contributed by atoms with Gasteiger partial charge in [-0.05, 0) is 61.6 Å². The van der Waals surface area contributed by atoms with Gasteiger partial charge in [-0.2, -0.15) is 0 Å². The first-order valence-corrected chi connectivity index (χ1v) is 11.7. The van der Waals surface area contributed by atoms with E-state index in [4.69, 9.17) is 0 Å². The van der Waals surface area contributed by atoms with Crippen molar-refractivity contribution in [2.24, 2.45) is 11.8 Å². The number of amides is 3. The van der Waals surface area contributed by atoms with E-state index in [9.17, 15) is 14.4 Å². The Balaban J connectivity index is 1.28. The number of anilines is 3. The zero-order chi connectivity index (χ0) is 22.1. The lowest BCUT2D eigenvalue weighted by Crippen LogP contribution is -2.43. The summed E-state index contributed by atoms with van der Waals surface area (Å²) in [5, 5.41) is 3.02. The minimum atomic E-state index is -0.316. The van der Waals surface area contributed by atoms with Crippen LogP contribution in [0.15, 0.2) is 48.5 Å². The molecule has 1 aliphatic carbocycles. The molecule has 32 heavy (non-hydrogen) atoms. The van der Waals surface area contributed by atoms with Crippen molar-refractivity contribution in [2.75, 3.05) is 28.2 Å². The molecule has 1 saturated carbocycles. The second kappa shape index (κ2) is 8.77. The number of carbonyl (C=O) groups excluding carboxylic acids is 3. The van der Waals surface area contributed by atoms with Gasteiger partial charge in [0, 0.05) is 42.5 Å². The highest BCUT2D eigenvalue weighted by Gasteiger charge is 2.39. The lowest BCUT2D eigenvalue weighted by atomic mass is 9.77. The SMILES string of the molecule is O=C(Nc1ccc(N2CCCC2=O)cc1)C1CCCCC1C(=O)N1CCc2ccccc21. The molecule has 6 nitrogen and oxygen atoms in total. The molecule has 1 saturated heterocycles. The zero-order valence-corrected chi connectivity index (χ0v) is 18.3. The molecule has 2 unspecified atom stereocenters. The molecule has 5 rings (SSSR count). The van der Waals surface area contributed by atoms with E-state index in [2.05, 4.69) is 11.4 Å². The number of benzene rings is 2. The Hall–Kier alpha value is -3.15. The minimum Gasteiger partial charge on any atom is -0.326 e. The molecule has 2 fully saturated rings. The highest BCUT2D eigenvalue weighted by Crippen LogP contribution is 2.36. The first-order valence-electron chi connectivity index (χ1n) is 11.7. The highest BCUT2D eigenvalue weighted by molar-refractivity contribution is 6.02. The van der Waals surface area contributed by atoms with Gasteiger partial charge in [0.15, 0.2) is 0 Å². The standard InChI is InChI=1S/C26H29N3O3/c30-24-10-5-16-28(24)20-13-11-19(12-14-20)27-25(31)21-7-2-3-8-22(21)26(32)29-17-15-18-6-1-4-9-23(18)29/h1,4,6,9,11-14,21-22H,2-3,5,7-8,10,15-17H2,(H,27,31). The molecule has 0 spiro atoms. The molecule has 2 atom stereocenters. The predicted octanol–water partition coefficient (Wildman–Crippen LogP) is 4.15. The fraction of sp³-hybridized carbons (Fsp3) is 0.423. The summed E-state index contributed by atoms with van der Waals surface area (Å²) in [5.41, 5.74) is 3.76. The van der Waals surface area contributed by atoms with Crippen LogP contribution in [0, 0.1) is 11.8 Å². The summed E-state index contributed by atoms with van der Waals surface area (Å²) in [6.07, 6.45) is 5.79. The molecule has 2 aromatic rings. The third-order valence-corrected chi connectivity index (χ3v) is 7.09. The molecule has 2 heterocycles. The van der Waals surface area contributed by atoms with Gasteiger partial charge in [-0.1, -0.05) is 31.0 Å². The zero-order valence-electron chi connectivity index (χ0n) is 18.3. The van der Waals surface area contributed by atoms with Gasteiger partial charge < -0.3 is 15.1 Å². The molecule has 0 radical (unpaired) electrons. The normalized spacial score (nSPS) is 22.7. The third-order valence-electron chi connectivity index (χ3n) is 7.09. The van der Waals surface area contributed by atoms with E-state index in [-0.39, 0.29) is 29.6 Å². The number of fused-ring (bicyclic) bond motifs is 1. The summed E-state index contributed by atoms with van der Waals surface area (Å²) >= 11 is 0. The van der Waals surface area contributed by atoms with E-state index in [1.165, 1.54) is 5.56 Å². The minimum absolute atomic E-state index is 0.0812. The van der Waals surface area contributed by atoms with Gasteiger partial charge >= 0.3 is 0 Å². The van der Waals surface area contributed by atoms with Gasteiger partial charge in [0.1, 0.15) is 0 Å². The smallest absolute Gasteiger partial charge is 0.230 e. The molecule has 166 valence electrons. The number of rotatable bonds is 4. The largest absolute Gasteiger partial charge is 0.326 e. The fourth-order valence-electron chi connectivity index (χ4n) is 5.39. The summed E-state index contributed by atoms with van der Waals surface area (Å²) in [4.78, 5) is 42.3. The summed E-state index contributed by atoms with van der Waals surface area (Å²) in [7, 11) is 0. The average molecular weight is 432 g/mol. The van der Waals surface area contributed by atoms with Crippen LogP contribution in [0.5, 0.6) is 0 Å². The van der Waals surface area contributed by atoms with Gasteiger partial charge in [-0.15, -0.1) is 0 Å². The van der Waals surface area contributed by atoms with Crippen molar-refractivity contribution in [3.8, 4) is 0 Å². The monoisotopic (exact) mass is 431 g/mol. The molecule has 3 amide bonds. The van der Waals surface area contributed by atoms with Gasteiger partial charge in [-0.3, -0.25) is 14.4 Å². The maximum atomic E-state index is 13.5. The van der Waals surface area contributed by atoms with Crippen LogP contribution >= 0.6 is 0 Å². The number of carbonyl (C=O) groups is 3. The number of nitrogens with one attached hydrogen (secondary N) is 1. The first-order chi connectivity index (χ1) is 15.6. The lowest BCUT2D eigenvalue weighted by Gasteiger charge is -2.32. The van der Waals surface area contributed by atoms with E-state index in [1.807, 2.05) is 47.4 Å². The van der Waals surface area contributed by atoms with Crippen LogP contribution in [0.2, 0.25) is 0 Å². The molecule has 2 aromatic carbocycles. The Morgan fingerprint density at radius 3 is 2.34 bits per heavy atom. The third kappa shape index (κ3) is 3.90. The van der Waals surface area contributed by atoms with Crippen LogP contribution in [-0.2, 0) is 20.8 Å². The van der Waals surface area contributed by atoms with Crippen LogP contribution in [0.4, 0.5) is 17.1 Å².